The lowest BCUT2D eigenvalue weighted by molar-refractivity contribution is -0.133. The van der Waals surface area contributed by atoms with E-state index in [1.807, 2.05) is 6.92 Å². The summed E-state index contributed by atoms with van der Waals surface area (Å²) in [6.07, 6.45) is 3.29. The monoisotopic (exact) mass is 364 g/mol. The van der Waals surface area contributed by atoms with Crippen molar-refractivity contribution in [2.45, 2.75) is 70.7 Å². The van der Waals surface area contributed by atoms with Crippen LogP contribution in [0.5, 0.6) is 0 Å². The standard InChI is InChI=1S/C21H32O5/c1-3-12-16(23)8-15-11-4-5-14-18(25)19(26)17(24)9-20(14,2)13(11)6-7-21(12,15)10-22/h5,11-13,15,17-19,22,24-26H,3-4,6-10H2,1-2H3/t11-,12+,13+,15+,17-,18-,19+,20-,21+/m1/s1. The van der Waals surface area contributed by atoms with Gasteiger partial charge in [0.2, 0.25) is 0 Å². The third kappa shape index (κ3) is 2.20. The highest BCUT2D eigenvalue weighted by Gasteiger charge is 2.63. The lowest BCUT2D eigenvalue weighted by atomic mass is 9.46. The van der Waals surface area contributed by atoms with Crippen molar-refractivity contribution in [2.24, 2.45) is 34.5 Å². The van der Waals surface area contributed by atoms with Gasteiger partial charge in [-0.05, 0) is 60.8 Å². The van der Waals surface area contributed by atoms with Gasteiger partial charge in [0, 0.05) is 24.4 Å². The molecule has 0 radical (unpaired) electrons. The van der Waals surface area contributed by atoms with E-state index in [4.69, 9.17) is 0 Å². The first-order valence-corrected chi connectivity index (χ1v) is 10.2. The number of rotatable bonds is 2. The lowest BCUT2D eigenvalue weighted by Crippen LogP contribution is -2.58. The van der Waals surface area contributed by atoms with Crippen LogP contribution < -0.4 is 0 Å². The molecule has 4 rings (SSSR count). The zero-order chi connectivity index (χ0) is 18.9. The zero-order valence-electron chi connectivity index (χ0n) is 15.8. The van der Waals surface area contributed by atoms with Crippen LogP contribution in [-0.4, -0.2) is 51.1 Å². The topological polar surface area (TPSA) is 98.0 Å². The minimum atomic E-state index is -1.12. The van der Waals surface area contributed by atoms with Crippen LogP contribution in [0.4, 0.5) is 0 Å². The van der Waals surface area contributed by atoms with Crippen LogP contribution in [0.3, 0.4) is 0 Å². The van der Waals surface area contributed by atoms with Crippen molar-refractivity contribution in [1.82, 2.24) is 0 Å². The molecule has 9 atom stereocenters. The SMILES string of the molecule is CC[C@H]1C(=O)C[C@H]2[C@@H]3CC=C4[C@@H](O)[C@@H](O)[C@H](O)C[C@]4(C)[C@H]3CC[C@]12CO. The molecule has 0 spiro atoms. The Hall–Kier alpha value is -0.750. The molecule has 146 valence electrons. The highest BCUT2D eigenvalue weighted by molar-refractivity contribution is 5.85. The van der Waals surface area contributed by atoms with Gasteiger partial charge >= 0.3 is 0 Å². The average molecular weight is 364 g/mol. The number of allylic oxidation sites excluding steroid dienone is 1. The van der Waals surface area contributed by atoms with Crippen LogP contribution >= 0.6 is 0 Å². The number of fused-ring (bicyclic) bond motifs is 5. The molecule has 0 saturated heterocycles. The number of carbonyl (C=O) groups is 1. The van der Waals surface area contributed by atoms with Crippen molar-refractivity contribution < 1.29 is 25.2 Å². The first-order chi connectivity index (χ1) is 12.3. The van der Waals surface area contributed by atoms with Gasteiger partial charge in [-0.2, -0.15) is 0 Å². The van der Waals surface area contributed by atoms with Crippen LogP contribution in [0.15, 0.2) is 11.6 Å². The summed E-state index contributed by atoms with van der Waals surface area (Å²) in [6.45, 7) is 4.22. The van der Waals surface area contributed by atoms with Crippen LogP contribution in [0.1, 0.15) is 52.4 Å². The first-order valence-electron chi connectivity index (χ1n) is 10.2. The Morgan fingerprint density at radius 3 is 2.62 bits per heavy atom. The third-order valence-electron chi connectivity index (χ3n) is 8.66. The summed E-state index contributed by atoms with van der Waals surface area (Å²) in [6, 6.07) is 0. The molecule has 3 saturated carbocycles. The molecular formula is C21H32O5. The van der Waals surface area contributed by atoms with Crippen molar-refractivity contribution in [1.29, 1.82) is 0 Å². The molecule has 0 unspecified atom stereocenters. The van der Waals surface area contributed by atoms with E-state index >= 15 is 0 Å². The third-order valence-corrected chi connectivity index (χ3v) is 8.66. The summed E-state index contributed by atoms with van der Waals surface area (Å²) in [5.41, 5.74) is 0.222. The zero-order valence-corrected chi connectivity index (χ0v) is 15.8. The molecule has 0 aromatic rings. The van der Waals surface area contributed by atoms with Crippen LogP contribution in [0, 0.1) is 34.5 Å². The number of Topliss-reactive ketones (excluding diaryl/α,β-unsaturated/α-hetero) is 1. The molecule has 5 heteroatoms. The molecule has 5 nitrogen and oxygen atoms in total. The molecule has 26 heavy (non-hydrogen) atoms. The maximum Gasteiger partial charge on any atom is 0.136 e. The first kappa shape index (κ1) is 18.6. The maximum atomic E-state index is 12.7. The van der Waals surface area contributed by atoms with Crippen LogP contribution in [-0.2, 0) is 4.79 Å². The second kappa shape index (κ2) is 6.13. The minimum absolute atomic E-state index is 0.0407. The van der Waals surface area contributed by atoms with Crippen molar-refractivity contribution in [3.05, 3.63) is 11.6 Å². The Kier molecular flexibility index (Phi) is 4.39. The van der Waals surface area contributed by atoms with E-state index in [1.165, 1.54) is 0 Å². The second-order valence-corrected chi connectivity index (χ2v) is 9.46. The molecule has 0 amide bonds. The van der Waals surface area contributed by atoms with Gasteiger partial charge in [-0.1, -0.05) is 19.9 Å². The molecule has 0 bridgehead atoms. The number of ketones is 1. The Morgan fingerprint density at radius 1 is 1.23 bits per heavy atom. The van der Waals surface area contributed by atoms with Gasteiger partial charge in [-0.25, -0.2) is 0 Å². The number of carbonyl (C=O) groups excluding carboxylic acids is 1. The van der Waals surface area contributed by atoms with Gasteiger partial charge in [0.25, 0.3) is 0 Å². The van der Waals surface area contributed by atoms with E-state index in [-0.39, 0.29) is 35.2 Å². The van der Waals surface area contributed by atoms with E-state index in [2.05, 4.69) is 13.0 Å². The van der Waals surface area contributed by atoms with Gasteiger partial charge in [0.05, 0.1) is 6.10 Å². The molecular weight excluding hydrogens is 332 g/mol. The largest absolute Gasteiger partial charge is 0.396 e. The second-order valence-electron chi connectivity index (χ2n) is 9.46. The maximum absolute atomic E-state index is 12.7. The van der Waals surface area contributed by atoms with Crippen molar-refractivity contribution in [3.8, 4) is 0 Å². The molecule has 4 aliphatic rings. The molecule has 0 aromatic carbocycles. The minimum Gasteiger partial charge on any atom is -0.396 e. The fourth-order valence-electron chi connectivity index (χ4n) is 7.45. The summed E-state index contributed by atoms with van der Waals surface area (Å²) in [5, 5.41) is 41.3. The van der Waals surface area contributed by atoms with Gasteiger partial charge in [0.1, 0.15) is 18.0 Å². The predicted octanol–water partition coefficient (Wildman–Crippen LogP) is 1.43. The normalized spacial score (nSPS) is 53.5. The Morgan fingerprint density at radius 2 is 1.96 bits per heavy atom. The summed E-state index contributed by atoms with van der Waals surface area (Å²) in [7, 11) is 0. The van der Waals surface area contributed by atoms with Gasteiger partial charge in [-0.15, -0.1) is 0 Å². The quantitative estimate of drug-likeness (QED) is 0.556. The average Bonchev–Trinajstić information content (AvgIpc) is 2.91. The van der Waals surface area contributed by atoms with E-state index in [1.54, 1.807) is 0 Å². The molecule has 3 fully saturated rings. The molecule has 4 aliphatic carbocycles. The van der Waals surface area contributed by atoms with Gasteiger partial charge < -0.3 is 20.4 Å². The predicted molar refractivity (Wildman–Crippen MR) is 96.1 cm³/mol. The van der Waals surface area contributed by atoms with E-state index in [9.17, 15) is 25.2 Å². The van der Waals surface area contributed by atoms with E-state index < -0.39 is 18.3 Å². The highest BCUT2D eigenvalue weighted by atomic mass is 16.4. The van der Waals surface area contributed by atoms with Crippen LogP contribution in [0.25, 0.3) is 0 Å². The highest BCUT2D eigenvalue weighted by Crippen LogP contribution is 2.65. The van der Waals surface area contributed by atoms with Gasteiger partial charge in [-0.3, -0.25) is 4.79 Å². The smallest absolute Gasteiger partial charge is 0.136 e. The van der Waals surface area contributed by atoms with Crippen LogP contribution in [0.2, 0.25) is 0 Å². The Balaban J connectivity index is 1.73. The Bertz CT molecular complexity index is 630. The molecule has 0 heterocycles. The van der Waals surface area contributed by atoms with Crippen molar-refractivity contribution >= 4 is 5.78 Å². The molecule has 0 aliphatic heterocycles. The summed E-state index contributed by atoms with van der Waals surface area (Å²) in [5.74, 6) is 0.999. The molecule has 4 N–H and O–H groups in total. The fraction of sp³-hybridized carbons (Fsp3) is 0.857. The molecule has 0 aromatic heterocycles. The number of aliphatic hydroxyl groups excluding tert-OH is 4. The lowest BCUT2D eigenvalue weighted by Gasteiger charge is -2.59. The van der Waals surface area contributed by atoms with Crippen molar-refractivity contribution in [2.75, 3.05) is 6.61 Å². The fourth-order valence-corrected chi connectivity index (χ4v) is 7.45. The summed E-state index contributed by atoms with van der Waals surface area (Å²) < 4.78 is 0. The van der Waals surface area contributed by atoms with Crippen molar-refractivity contribution in [3.63, 3.8) is 0 Å². The van der Waals surface area contributed by atoms with E-state index in [0.717, 1.165) is 31.3 Å². The van der Waals surface area contributed by atoms with E-state index in [0.29, 0.717) is 24.5 Å². The number of hydrogen-bond donors (Lipinski definition) is 4. The van der Waals surface area contributed by atoms with Gasteiger partial charge in [0.15, 0.2) is 0 Å². The summed E-state index contributed by atoms with van der Waals surface area (Å²) in [4.78, 5) is 12.7. The number of aliphatic hydroxyl groups is 4. The Labute approximate surface area is 155 Å². The summed E-state index contributed by atoms with van der Waals surface area (Å²) >= 11 is 0. The number of hydrogen-bond acceptors (Lipinski definition) is 5.